The van der Waals surface area contributed by atoms with E-state index in [1.165, 1.54) is 11.1 Å². The average Bonchev–Trinajstić information content (AvgIpc) is 2.78. The Labute approximate surface area is 144 Å². The fraction of sp³-hybridized carbons (Fsp3) is 0.429. The molecule has 1 aliphatic rings. The van der Waals surface area contributed by atoms with Crippen molar-refractivity contribution >= 4 is 0 Å². The number of aliphatic hydroxyl groups excluding tert-OH is 1. The van der Waals surface area contributed by atoms with Gasteiger partial charge in [-0.1, -0.05) is 36.4 Å². The van der Waals surface area contributed by atoms with Crippen molar-refractivity contribution in [3.63, 3.8) is 0 Å². The van der Waals surface area contributed by atoms with E-state index in [1.807, 2.05) is 12.1 Å². The van der Waals surface area contributed by atoms with E-state index in [9.17, 15) is 5.11 Å². The van der Waals surface area contributed by atoms with Gasteiger partial charge in [-0.25, -0.2) is 0 Å². The van der Waals surface area contributed by atoms with Crippen molar-refractivity contribution in [3.05, 3.63) is 65.2 Å². The van der Waals surface area contributed by atoms with Crippen molar-refractivity contribution < 1.29 is 9.84 Å². The molecule has 0 fully saturated rings. The minimum Gasteiger partial charge on any atom is -0.497 e. The standard InChI is InChI=1S/C21H27NO2/c1-24-19-11-12-20-17(14-19)9-10-18(15-21(20)23)22-13-5-8-16-6-3-2-4-7-16/h2-4,6-7,11-12,14,18,21-23H,5,8-10,13,15H2,1H3/t18-,21-/m0/s1. The van der Waals surface area contributed by atoms with Crippen LogP contribution < -0.4 is 10.1 Å². The van der Waals surface area contributed by atoms with Gasteiger partial charge in [-0.15, -0.1) is 0 Å². The maximum Gasteiger partial charge on any atom is 0.119 e. The predicted octanol–water partition coefficient (Wildman–Crippen LogP) is 3.66. The lowest BCUT2D eigenvalue weighted by atomic mass is 10.0. The summed E-state index contributed by atoms with van der Waals surface area (Å²) in [5.74, 6) is 0.871. The number of nitrogens with one attached hydrogen (secondary N) is 1. The molecular formula is C21H27NO2. The van der Waals surface area contributed by atoms with Crippen LogP contribution in [0.25, 0.3) is 0 Å². The molecule has 128 valence electrons. The van der Waals surface area contributed by atoms with Gasteiger partial charge in [0.2, 0.25) is 0 Å². The number of aliphatic hydroxyl groups is 1. The highest BCUT2D eigenvalue weighted by atomic mass is 16.5. The third-order valence-corrected chi connectivity index (χ3v) is 4.90. The number of hydrogen-bond acceptors (Lipinski definition) is 3. The summed E-state index contributed by atoms with van der Waals surface area (Å²) in [6.45, 7) is 0.992. The van der Waals surface area contributed by atoms with E-state index >= 15 is 0 Å². The molecule has 2 aromatic rings. The molecule has 0 heterocycles. The second-order valence-corrected chi connectivity index (χ2v) is 6.60. The lowest BCUT2D eigenvalue weighted by molar-refractivity contribution is 0.153. The Morgan fingerprint density at radius 1 is 1.17 bits per heavy atom. The Morgan fingerprint density at radius 2 is 2.00 bits per heavy atom. The molecule has 3 rings (SSSR count). The first kappa shape index (κ1) is 17.0. The average molecular weight is 325 g/mol. The lowest BCUT2D eigenvalue weighted by Gasteiger charge is -2.18. The molecule has 3 nitrogen and oxygen atoms in total. The Hall–Kier alpha value is -1.84. The Morgan fingerprint density at radius 3 is 2.79 bits per heavy atom. The van der Waals surface area contributed by atoms with Gasteiger partial charge in [0.1, 0.15) is 5.75 Å². The first-order valence-corrected chi connectivity index (χ1v) is 8.88. The van der Waals surface area contributed by atoms with E-state index in [0.717, 1.165) is 50.0 Å². The van der Waals surface area contributed by atoms with Crippen LogP contribution in [0.15, 0.2) is 48.5 Å². The van der Waals surface area contributed by atoms with Gasteiger partial charge in [0.25, 0.3) is 0 Å². The Kier molecular flexibility index (Phi) is 5.89. The first-order chi connectivity index (χ1) is 11.8. The van der Waals surface area contributed by atoms with Gasteiger partial charge < -0.3 is 15.2 Å². The SMILES string of the molecule is COc1ccc2c(c1)CC[C@H](NCCCc1ccccc1)C[C@@H]2O. The van der Waals surface area contributed by atoms with Crippen molar-refractivity contribution in [1.82, 2.24) is 5.32 Å². The topological polar surface area (TPSA) is 41.5 Å². The van der Waals surface area contributed by atoms with Crippen LogP contribution in [0, 0.1) is 0 Å². The van der Waals surface area contributed by atoms with Crippen molar-refractivity contribution in [2.45, 2.75) is 44.2 Å². The van der Waals surface area contributed by atoms with Gasteiger partial charge in [0.05, 0.1) is 13.2 Å². The quantitative estimate of drug-likeness (QED) is 0.629. The molecule has 0 amide bonds. The monoisotopic (exact) mass is 325 g/mol. The summed E-state index contributed by atoms with van der Waals surface area (Å²) >= 11 is 0. The summed E-state index contributed by atoms with van der Waals surface area (Å²) in [5.41, 5.74) is 3.67. The van der Waals surface area contributed by atoms with Crippen LogP contribution >= 0.6 is 0 Å². The molecule has 0 spiro atoms. The van der Waals surface area contributed by atoms with E-state index in [4.69, 9.17) is 4.74 Å². The molecule has 2 N–H and O–H groups in total. The molecule has 0 radical (unpaired) electrons. The van der Waals surface area contributed by atoms with E-state index in [-0.39, 0.29) is 6.10 Å². The van der Waals surface area contributed by atoms with Gasteiger partial charge >= 0.3 is 0 Å². The summed E-state index contributed by atoms with van der Waals surface area (Å²) in [6, 6.07) is 17.0. The fourth-order valence-corrected chi connectivity index (χ4v) is 3.52. The highest BCUT2D eigenvalue weighted by molar-refractivity contribution is 5.38. The summed E-state index contributed by atoms with van der Waals surface area (Å²) in [6.07, 6.45) is 4.66. The summed E-state index contributed by atoms with van der Waals surface area (Å²) in [7, 11) is 1.69. The minimum absolute atomic E-state index is 0.370. The highest BCUT2D eigenvalue weighted by Crippen LogP contribution is 2.31. The zero-order valence-electron chi connectivity index (χ0n) is 14.4. The molecule has 24 heavy (non-hydrogen) atoms. The van der Waals surface area contributed by atoms with Gasteiger partial charge in [0, 0.05) is 6.04 Å². The lowest BCUT2D eigenvalue weighted by Crippen LogP contribution is -2.31. The van der Waals surface area contributed by atoms with Crippen molar-refractivity contribution in [3.8, 4) is 5.75 Å². The van der Waals surface area contributed by atoms with Crippen molar-refractivity contribution in [2.75, 3.05) is 13.7 Å². The van der Waals surface area contributed by atoms with Crippen LogP contribution in [0.3, 0.4) is 0 Å². The van der Waals surface area contributed by atoms with Crippen molar-refractivity contribution in [2.24, 2.45) is 0 Å². The number of rotatable bonds is 6. The second kappa shape index (κ2) is 8.32. The molecule has 0 bridgehead atoms. The third kappa shape index (κ3) is 4.37. The van der Waals surface area contributed by atoms with E-state index in [1.54, 1.807) is 7.11 Å². The summed E-state index contributed by atoms with van der Waals surface area (Å²) < 4.78 is 5.31. The second-order valence-electron chi connectivity index (χ2n) is 6.60. The van der Waals surface area contributed by atoms with Crippen LogP contribution in [0.2, 0.25) is 0 Å². The van der Waals surface area contributed by atoms with Gasteiger partial charge in [-0.2, -0.15) is 0 Å². The zero-order chi connectivity index (χ0) is 16.8. The zero-order valence-corrected chi connectivity index (χ0v) is 14.4. The predicted molar refractivity (Wildman–Crippen MR) is 97.4 cm³/mol. The van der Waals surface area contributed by atoms with Gasteiger partial charge in [-0.3, -0.25) is 0 Å². The largest absolute Gasteiger partial charge is 0.497 e. The number of methoxy groups -OCH3 is 1. The van der Waals surface area contributed by atoms with Crippen LogP contribution in [-0.2, 0) is 12.8 Å². The smallest absolute Gasteiger partial charge is 0.119 e. The first-order valence-electron chi connectivity index (χ1n) is 8.88. The number of hydrogen-bond donors (Lipinski definition) is 2. The molecule has 3 heteroatoms. The fourth-order valence-electron chi connectivity index (χ4n) is 3.52. The third-order valence-electron chi connectivity index (χ3n) is 4.90. The normalized spacial score (nSPS) is 20.2. The number of aryl methyl sites for hydroxylation is 2. The maximum atomic E-state index is 10.5. The Balaban J connectivity index is 1.50. The maximum absolute atomic E-state index is 10.5. The van der Waals surface area contributed by atoms with E-state index < -0.39 is 0 Å². The molecule has 0 saturated heterocycles. The van der Waals surface area contributed by atoms with Crippen LogP contribution in [-0.4, -0.2) is 24.8 Å². The number of fused-ring (bicyclic) bond motifs is 1. The highest BCUT2D eigenvalue weighted by Gasteiger charge is 2.22. The molecule has 0 aliphatic heterocycles. The van der Waals surface area contributed by atoms with Crippen LogP contribution in [0.1, 0.15) is 42.1 Å². The van der Waals surface area contributed by atoms with Crippen LogP contribution in [0.5, 0.6) is 5.75 Å². The summed E-state index contributed by atoms with van der Waals surface area (Å²) in [4.78, 5) is 0. The van der Waals surface area contributed by atoms with Gasteiger partial charge in [0.15, 0.2) is 0 Å². The number of ether oxygens (including phenoxy) is 1. The van der Waals surface area contributed by atoms with Crippen molar-refractivity contribution in [1.29, 1.82) is 0 Å². The Bertz CT molecular complexity index is 642. The minimum atomic E-state index is -0.389. The number of benzene rings is 2. The molecule has 0 saturated carbocycles. The van der Waals surface area contributed by atoms with E-state index in [2.05, 4.69) is 41.7 Å². The molecule has 2 aromatic carbocycles. The van der Waals surface area contributed by atoms with Crippen LogP contribution in [0.4, 0.5) is 0 Å². The molecule has 0 unspecified atom stereocenters. The van der Waals surface area contributed by atoms with E-state index in [0.29, 0.717) is 6.04 Å². The molecule has 1 aliphatic carbocycles. The molecule has 0 aromatic heterocycles. The summed E-state index contributed by atoms with van der Waals surface area (Å²) in [5, 5.41) is 14.2. The molecule has 2 atom stereocenters. The van der Waals surface area contributed by atoms with Gasteiger partial charge in [-0.05, 0) is 67.5 Å². The molecular weight excluding hydrogens is 298 g/mol.